The van der Waals surface area contributed by atoms with Crippen molar-refractivity contribution in [3.8, 4) is 0 Å². The van der Waals surface area contributed by atoms with Gasteiger partial charge in [-0.15, -0.1) is 0 Å². The van der Waals surface area contributed by atoms with Gasteiger partial charge in [-0.05, 0) is 101 Å². The Labute approximate surface area is 272 Å². The van der Waals surface area contributed by atoms with Crippen molar-refractivity contribution in [3.63, 3.8) is 0 Å². The number of rotatable bonds is 20. The van der Waals surface area contributed by atoms with Crippen molar-refractivity contribution >= 4 is 0 Å². The highest BCUT2D eigenvalue weighted by molar-refractivity contribution is 5.23. The van der Waals surface area contributed by atoms with Gasteiger partial charge in [-0.2, -0.15) is 0 Å². The summed E-state index contributed by atoms with van der Waals surface area (Å²) < 4.78 is 30.1. The molecular weight excluding hydrogens is 564 g/mol. The normalized spacial score (nSPS) is 29.2. The molecule has 3 fully saturated rings. The smallest absolute Gasteiger partial charge is 0.157 e. The van der Waals surface area contributed by atoms with Gasteiger partial charge in [0.25, 0.3) is 0 Å². The molecule has 2 saturated heterocycles. The lowest BCUT2D eigenvalue weighted by Gasteiger charge is -2.29. The average Bonchev–Trinajstić information content (AvgIpc) is 3.63. The SMILES string of the molecule is OCC(CCCCOCc1ccccc1)C1=CC2C[C@@H](OC3CCCCO3)[C@H](C=CCCCCCCOC3CCCCO3)C2C1. The van der Waals surface area contributed by atoms with Crippen molar-refractivity contribution in [2.75, 3.05) is 33.0 Å². The first-order valence-electron chi connectivity index (χ1n) is 18.4. The Balaban J connectivity index is 1.03. The van der Waals surface area contributed by atoms with Crippen LogP contribution < -0.4 is 0 Å². The third-order valence-electron chi connectivity index (χ3n) is 10.4. The van der Waals surface area contributed by atoms with Gasteiger partial charge in [0.2, 0.25) is 0 Å². The Morgan fingerprint density at radius 1 is 0.867 bits per heavy atom. The summed E-state index contributed by atoms with van der Waals surface area (Å²) >= 11 is 0. The van der Waals surface area contributed by atoms with Crippen LogP contribution in [0.2, 0.25) is 0 Å². The molecule has 2 aliphatic heterocycles. The van der Waals surface area contributed by atoms with Gasteiger partial charge in [0.05, 0.1) is 12.7 Å². The monoisotopic (exact) mass is 624 g/mol. The predicted octanol–water partition coefficient (Wildman–Crippen LogP) is 8.53. The molecule has 7 atom stereocenters. The highest BCUT2D eigenvalue weighted by atomic mass is 16.7. The molecule has 45 heavy (non-hydrogen) atoms. The van der Waals surface area contributed by atoms with E-state index < -0.39 is 0 Å². The Morgan fingerprint density at radius 2 is 1.64 bits per heavy atom. The number of allylic oxidation sites excluding steroid dienone is 2. The van der Waals surface area contributed by atoms with E-state index >= 15 is 0 Å². The van der Waals surface area contributed by atoms with Crippen LogP contribution in [0.1, 0.15) is 108 Å². The quantitative estimate of drug-likeness (QED) is 0.116. The Bertz CT molecular complexity index is 983. The van der Waals surface area contributed by atoms with Crippen LogP contribution in [0, 0.1) is 23.7 Å². The second-order valence-corrected chi connectivity index (χ2v) is 13.8. The maximum Gasteiger partial charge on any atom is 0.157 e. The van der Waals surface area contributed by atoms with Crippen LogP contribution in [-0.2, 0) is 30.3 Å². The summed E-state index contributed by atoms with van der Waals surface area (Å²) in [6.07, 6.45) is 25.7. The lowest BCUT2D eigenvalue weighted by atomic mass is 9.86. The number of ether oxygens (including phenoxy) is 5. The van der Waals surface area contributed by atoms with Gasteiger partial charge in [-0.3, -0.25) is 0 Å². The molecular formula is C39H60O6. The molecule has 6 nitrogen and oxygen atoms in total. The highest BCUT2D eigenvalue weighted by Gasteiger charge is 2.46. The van der Waals surface area contributed by atoms with Crippen molar-refractivity contribution in [2.45, 2.75) is 128 Å². The second kappa shape index (κ2) is 20.0. The van der Waals surface area contributed by atoms with Crippen molar-refractivity contribution in [3.05, 3.63) is 59.7 Å². The van der Waals surface area contributed by atoms with E-state index in [2.05, 4.69) is 42.5 Å². The molecule has 4 aliphatic rings. The maximum atomic E-state index is 10.3. The zero-order valence-corrected chi connectivity index (χ0v) is 27.7. The summed E-state index contributed by atoms with van der Waals surface area (Å²) in [5.41, 5.74) is 2.70. The molecule has 0 spiro atoms. The van der Waals surface area contributed by atoms with Gasteiger partial charge < -0.3 is 28.8 Å². The summed E-state index contributed by atoms with van der Waals surface area (Å²) in [7, 11) is 0. The van der Waals surface area contributed by atoms with Gasteiger partial charge >= 0.3 is 0 Å². The van der Waals surface area contributed by atoms with Crippen molar-refractivity contribution in [2.24, 2.45) is 23.7 Å². The van der Waals surface area contributed by atoms with E-state index in [0.717, 1.165) is 90.6 Å². The van der Waals surface area contributed by atoms with E-state index in [-0.39, 0.29) is 31.2 Å². The summed E-state index contributed by atoms with van der Waals surface area (Å²) in [6, 6.07) is 10.4. The molecule has 1 N–H and O–H groups in total. The van der Waals surface area contributed by atoms with Crippen LogP contribution in [0.3, 0.4) is 0 Å². The van der Waals surface area contributed by atoms with Crippen LogP contribution >= 0.6 is 0 Å². The van der Waals surface area contributed by atoms with Crippen molar-refractivity contribution in [1.82, 2.24) is 0 Å². The number of aliphatic hydroxyl groups is 1. The predicted molar refractivity (Wildman–Crippen MR) is 179 cm³/mol. The topological polar surface area (TPSA) is 66.4 Å². The fourth-order valence-corrected chi connectivity index (χ4v) is 7.77. The zero-order chi connectivity index (χ0) is 30.9. The standard InChI is InChI=1S/C39H60O6/c40-29-32(18-9-13-22-41-30-31-16-6-5-7-17-31)33-26-34-28-37(45-39-21-11-15-25-44-39)35(36(34)27-33)19-8-3-1-2-4-12-23-42-38-20-10-14-24-43-38/h5-8,16-17,19,26,32,34-40H,1-4,9-15,18,20-25,27-30H2/t32?,34?,35-,36?,37-,38?,39?/m1/s1. The summed E-state index contributed by atoms with van der Waals surface area (Å²) in [6.45, 7) is 4.18. The first kappa shape index (κ1) is 34.8. The molecule has 5 unspecified atom stereocenters. The number of unbranched alkanes of at least 4 members (excludes halogenated alkanes) is 5. The molecule has 2 heterocycles. The first-order valence-corrected chi connectivity index (χ1v) is 18.4. The van der Waals surface area contributed by atoms with Gasteiger partial charge in [0.15, 0.2) is 12.6 Å². The molecule has 1 aromatic rings. The lowest BCUT2D eigenvalue weighted by Crippen LogP contribution is -2.30. The highest BCUT2D eigenvalue weighted by Crippen LogP contribution is 2.50. The Hall–Kier alpha value is -1.54. The first-order chi connectivity index (χ1) is 22.3. The van der Waals surface area contributed by atoms with E-state index in [0.29, 0.717) is 24.4 Å². The van der Waals surface area contributed by atoms with E-state index in [1.54, 1.807) is 0 Å². The van der Waals surface area contributed by atoms with Crippen LogP contribution in [0.25, 0.3) is 0 Å². The lowest BCUT2D eigenvalue weighted by molar-refractivity contribution is -0.192. The summed E-state index contributed by atoms with van der Waals surface area (Å²) in [5, 5.41) is 10.3. The maximum absolute atomic E-state index is 10.3. The second-order valence-electron chi connectivity index (χ2n) is 13.8. The molecule has 2 aliphatic carbocycles. The van der Waals surface area contributed by atoms with Crippen LogP contribution in [0.4, 0.5) is 0 Å². The fourth-order valence-electron chi connectivity index (χ4n) is 7.77. The van der Waals surface area contributed by atoms with E-state index in [1.807, 2.05) is 6.07 Å². The Morgan fingerprint density at radius 3 is 2.42 bits per heavy atom. The Kier molecular flexibility index (Phi) is 15.4. The number of hydrogen-bond donors (Lipinski definition) is 1. The number of hydrogen-bond acceptors (Lipinski definition) is 6. The molecule has 0 amide bonds. The van der Waals surface area contributed by atoms with Gasteiger partial charge in [-0.1, -0.05) is 73.4 Å². The fraction of sp³-hybridized carbons (Fsp3) is 0.744. The van der Waals surface area contributed by atoms with Crippen LogP contribution in [-0.4, -0.2) is 56.8 Å². The van der Waals surface area contributed by atoms with E-state index in [9.17, 15) is 5.11 Å². The van der Waals surface area contributed by atoms with E-state index in [1.165, 1.54) is 49.7 Å². The zero-order valence-electron chi connectivity index (χ0n) is 27.7. The molecule has 5 rings (SSSR count). The molecule has 1 saturated carbocycles. The molecule has 0 aromatic heterocycles. The minimum absolute atomic E-state index is 0.0362. The summed E-state index contributed by atoms with van der Waals surface area (Å²) in [5.74, 6) is 1.81. The third-order valence-corrected chi connectivity index (χ3v) is 10.4. The summed E-state index contributed by atoms with van der Waals surface area (Å²) in [4.78, 5) is 0. The van der Waals surface area contributed by atoms with Gasteiger partial charge in [0.1, 0.15) is 0 Å². The minimum Gasteiger partial charge on any atom is -0.396 e. The number of benzene rings is 1. The van der Waals surface area contributed by atoms with Crippen LogP contribution in [0.5, 0.6) is 0 Å². The molecule has 1 aromatic carbocycles. The molecule has 6 heteroatoms. The third kappa shape index (κ3) is 11.6. The van der Waals surface area contributed by atoms with Crippen molar-refractivity contribution in [1.29, 1.82) is 0 Å². The molecule has 252 valence electrons. The average molecular weight is 625 g/mol. The van der Waals surface area contributed by atoms with Crippen LogP contribution in [0.15, 0.2) is 54.1 Å². The van der Waals surface area contributed by atoms with E-state index in [4.69, 9.17) is 23.7 Å². The number of aliphatic hydroxyl groups excluding tert-OH is 1. The van der Waals surface area contributed by atoms with Gasteiger partial charge in [0, 0.05) is 44.9 Å². The van der Waals surface area contributed by atoms with Crippen molar-refractivity contribution < 1.29 is 28.8 Å². The largest absolute Gasteiger partial charge is 0.396 e. The molecule has 0 radical (unpaired) electrons. The molecule has 0 bridgehead atoms. The van der Waals surface area contributed by atoms with Gasteiger partial charge in [-0.25, -0.2) is 0 Å². The minimum atomic E-state index is -0.0440. The number of fused-ring (bicyclic) bond motifs is 1.